The Morgan fingerprint density at radius 1 is 1.29 bits per heavy atom. The molecule has 0 heterocycles. The summed E-state index contributed by atoms with van der Waals surface area (Å²) in [4.78, 5) is 10.2. The van der Waals surface area contributed by atoms with Crippen LogP contribution in [0, 0.1) is 10.1 Å². The van der Waals surface area contributed by atoms with E-state index in [1.165, 1.54) is 25.0 Å². The number of halogens is 1. The maximum absolute atomic E-state index is 10.7. The van der Waals surface area contributed by atoms with Crippen LogP contribution in [0.15, 0.2) is 18.2 Å². The van der Waals surface area contributed by atoms with Gasteiger partial charge < -0.3 is 10.5 Å². The standard InChI is InChI=1S/C15H21ClN2O3/c16-14-9-13(18(19)20)6-5-12(14)10-21-11-15(17)7-3-1-2-4-8-15/h5-6,9H,1-4,7-8,10-11,17H2. The minimum Gasteiger partial charge on any atom is -0.375 e. The molecular formula is C15H21ClN2O3. The van der Waals surface area contributed by atoms with Crippen molar-refractivity contribution in [1.82, 2.24) is 0 Å². The van der Waals surface area contributed by atoms with Gasteiger partial charge in [-0.25, -0.2) is 0 Å². The van der Waals surface area contributed by atoms with Gasteiger partial charge in [-0.2, -0.15) is 0 Å². The fraction of sp³-hybridized carbons (Fsp3) is 0.600. The quantitative estimate of drug-likeness (QED) is 0.509. The van der Waals surface area contributed by atoms with Gasteiger partial charge in [0.15, 0.2) is 0 Å². The summed E-state index contributed by atoms with van der Waals surface area (Å²) in [6, 6.07) is 4.43. The van der Waals surface area contributed by atoms with E-state index in [0.29, 0.717) is 18.2 Å². The normalized spacial score (nSPS) is 18.2. The Labute approximate surface area is 129 Å². The van der Waals surface area contributed by atoms with E-state index in [4.69, 9.17) is 22.1 Å². The van der Waals surface area contributed by atoms with Gasteiger partial charge in [-0.3, -0.25) is 10.1 Å². The predicted octanol–water partition coefficient (Wildman–Crippen LogP) is 3.82. The molecule has 6 heteroatoms. The Morgan fingerprint density at radius 2 is 1.95 bits per heavy atom. The number of nitrogens with two attached hydrogens (primary N) is 1. The molecule has 0 aromatic heterocycles. The molecule has 0 aliphatic heterocycles. The molecule has 1 aromatic carbocycles. The minimum atomic E-state index is -0.461. The van der Waals surface area contributed by atoms with Crippen LogP contribution in [0.1, 0.15) is 44.1 Å². The van der Waals surface area contributed by atoms with E-state index in [1.807, 2.05) is 0 Å². The molecule has 0 atom stereocenters. The number of benzene rings is 1. The van der Waals surface area contributed by atoms with Gasteiger partial charge in [0.2, 0.25) is 0 Å². The number of non-ortho nitro benzene ring substituents is 1. The monoisotopic (exact) mass is 312 g/mol. The fourth-order valence-electron chi connectivity index (χ4n) is 2.71. The van der Waals surface area contributed by atoms with Crippen LogP contribution in [0.25, 0.3) is 0 Å². The van der Waals surface area contributed by atoms with E-state index in [0.717, 1.165) is 31.2 Å². The number of nitro benzene ring substituents is 1. The first-order valence-electron chi connectivity index (χ1n) is 7.30. The van der Waals surface area contributed by atoms with Crippen LogP contribution < -0.4 is 5.73 Å². The van der Waals surface area contributed by atoms with Gasteiger partial charge in [0.05, 0.1) is 23.2 Å². The lowest BCUT2D eigenvalue weighted by molar-refractivity contribution is -0.384. The first-order valence-corrected chi connectivity index (χ1v) is 7.67. The third kappa shape index (κ3) is 4.66. The first-order chi connectivity index (χ1) is 10.0. The van der Waals surface area contributed by atoms with Crippen LogP contribution in [0.4, 0.5) is 5.69 Å². The molecule has 0 unspecified atom stereocenters. The topological polar surface area (TPSA) is 78.4 Å². The second-order valence-corrected chi connectivity index (χ2v) is 6.21. The van der Waals surface area contributed by atoms with E-state index >= 15 is 0 Å². The number of hydrogen-bond donors (Lipinski definition) is 1. The van der Waals surface area contributed by atoms with Crippen molar-refractivity contribution in [3.05, 3.63) is 38.9 Å². The van der Waals surface area contributed by atoms with Gasteiger partial charge in [0.1, 0.15) is 0 Å². The van der Waals surface area contributed by atoms with E-state index < -0.39 is 4.92 Å². The SMILES string of the molecule is NC1(COCc2ccc([N+](=O)[O-])cc2Cl)CCCCCC1. The van der Waals surface area contributed by atoms with Crippen molar-refractivity contribution < 1.29 is 9.66 Å². The summed E-state index contributed by atoms with van der Waals surface area (Å²) in [5, 5.41) is 11.0. The molecule has 0 radical (unpaired) electrons. The van der Waals surface area contributed by atoms with Gasteiger partial charge in [-0.05, 0) is 24.5 Å². The smallest absolute Gasteiger partial charge is 0.270 e. The molecule has 0 amide bonds. The molecule has 21 heavy (non-hydrogen) atoms. The highest BCUT2D eigenvalue weighted by Crippen LogP contribution is 2.27. The molecular weight excluding hydrogens is 292 g/mol. The van der Waals surface area contributed by atoms with Crippen molar-refractivity contribution in [3.63, 3.8) is 0 Å². The first kappa shape index (κ1) is 16.2. The molecule has 1 aliphatic carbocycles. The molecule has 1 aliphatic rings. The van der Waals surface area contributed by atoms with Crippen LogP contribution in [-0.4, -0.2) is 17.1 Å². The highest BCUT2D eigenvalue weighted by molar-refractivity contribution is 6.31. The molecule has 1 fully saturated rings. The van der Waals surface area contributed by atoms with Crippen molar-refractivity contribution in [2.45, 2.75) is 50.7 Å². The second-order valence-electron chi connectivity index (χ2n) is 5.80. The summed E-state index contributed by atoms with van der Waals surface area (Å²) >= 11 is 6.04. The zero-order valence-electron chi connectivity index (χ0n) is 12.0. The van der Waals surface area contributed by atoms with Crippen molar-refractivity contribution in [3.8, 4) is 0 Å². The highest BCUT2D eigenvalue weighted by Gasteiger charge is 2.26. The van der Waals surface area contributed by atoms with Crippen LogP contribution >= 0.6 is 11.6 Å². The summed E-state index contributed by atoms with van der Waals surface area (Å²) < 4.78 is 5.72. The van der Waals surface area contributed by atoms with Gasteiger partial charge in [-0.15, -0.1) is 0 Å². The Morgan fingerprint density at radius 3 is 2.52 bits per heavy atom. The second kappa shape index (κ2) is 7.20. The van der Waals surface area contributed by atoms with Gasteiger partial charge in [0, 0.05) is 17.7 Å². The van der Waals surface area contributed by atoms with Gasteiger partial charge >= 0.3 is 0 Å². The zero-order chi connectivity index (χ0) is 15.3. The van der Waals surface area contributed by atoms with E-state index in [-0.39, 0.29) is 11.2 Å². The molecule has 1 saturated carbocycles. The average Bonchev–Trinajstić information content (AvgIpc) is 2.65. The van der Waals surface area contributed by atoms with E-state index in [9.17, 15) is 10.1 Å². The van der Waals surface area contributed by atoms with E-state index in [2.05, 4.69) is 0 Å². The lowest BCUT2D eigenvalue weighted by atomic mass is 9.92. The average molecular weight is 313 g/mol. The summed E-state index contributed by atoms with van der Waals surface area (Å²) in [6.45, 7) is 0.829. The molecule has 0 bridgehead atoms. The maximum atomic E-state index is 10.7. The summed E-state index contributed by atoms with van der Waals surface area (Å²) in [5.74, 6) is 0. The molecule has 2 rings (SSSR count). The van der Waals surface area contributed by atoms with Gasteiger partial charge in [0.25, 0.3) is 5.69 Å². The Balaban J connectivity index is 1.89. The zero-order valence-corrected chi connectivity index (χ0v) is 12.8. The van der Waals surface area contributed by atoms with Crippen LogP contribution in [0.3, 0.4) is 0 Å². The minimum absolute atomic E-state index is 0.0113. The molecule has 1 aromatic rings. The number of rotatable bonds is 5. The largest absolute Gasteiger partial charge is 0.375 e. The molecule has 5 nitrogen and oxygen atoms in total. The predicted molar refractivity (Wildman–Crippen MR) is 82.4 cm³/mol. The maximum Gasteiger partial charge on any atom is 0.270 e. The summed E-state index contributed by atoms with van der Waals surface area (Å²) in [6.07, 6.45) is 6.76. The summed E-state index contributed by atoms with van der Waals surface area (Å²) in [7, 11) is 0. The fourth-order valence-corrected chi connectivity index (χ4v) is 2.94. The van der Waals surface area contributed by atoms with Crippen molar-refractivity contribution in [2.75, 3.05) is 6.61 Å². The Bertz CT molecular complexity index is 500. The Kier molecular flexibility index (Phi) is 5.56. The number of nitrogens with zero attached hydrogens (tertiary/aromatic N) is 1. The van der Waals surface area contributed by atoms with Gasteiger partial charge in [-0.1, -0.05) is 37.3 Å². The summed E-state index contributed by atoms with van der Waals surface area (Å²) in [5.41, 5.74) is 6.87. The van der Waals surface area contributed by atoms with Crippen molar-refractivity contribution >= 4 is 17.3 Å². The number of hydrogen-bond acceptors (Lipinski definition) is 4. The number of nitro groups is 1. The van der Waals surface area contributed by atoms with E-state index in [1.54, 1.807) is 6.07 Å². The van der Waals surface area contributed by atoms with Crippen LogP contribution in [-0.2, 0) is 11.3 Å². The molecule has 116 valence electrons. The third-order valence-electron chi connectivity index (χ3n) is 3.99. The number of ether oxygens (including phenoxy) is 1. The highest BCUT2D eigenvalue weighted by atomic mass is 35.5. The third-order valence-corrected chi connectivity index (χ3v) is 4.35. The van der Waals surface area contributed by atoms with Crippen molar-refractivity contribution in [1.29, 1.82) is 0 Å². The Hall–Kier alpha value is -1.17. The molecule has 0 spiro atoms. The van der Waals surface area contributed by atoms with Crippen molar-refractivity contribution in [2.24, 2.45) is 5.73 Å². The van der Waals surface area contributed by atoms with Crippen LogP contribution in [0.2, 0.25) is 5.02 Å². The molecule has 2 N–H and O–H groups in total. The lowest BCUT2D eigenvalue weighted by Gasteiger charge is -2.27. The molecule has 0 saturated heterocycles. The lowest BCUT2D eigenvalue weighted by Crippen LogP contribution is -2.43. The van der Waals surface area contributed by atoms with Crippen LogP contribution in [0.5, 0.6) is 0 Å².